The van der Waals surface area contributed by atoms with Crippen LogP contribution >= 0.6 is 31.9 Å². The summed E-state index contributed by atoms with van der Waals surface area (Å²) in [6.45, 7) is 1.86. The Hall–Kier alpha value is -0.360. The van der Waals surface area contributed by atoms with Gasteiger partial charge >= 0.3 is 11.9 Å². The Balaban J connectivity index is 2.49. The van der Waals surface area contributed by atoms with Gasteiger partial charge in [0.25, 0.3) is 0 Å². The van der Waals surface area contributed by atoms with Gasteiger partial charge in [-0.15, -0.1) is 0 Å². The molecule has 3 rings (SSSR count). The molecule has 2 heterocycles. The summed E-state index contributed by atoms with van der Waals surface area (Å²) in [5.41, 5.74) is 0. The number of hydrogen-bond donors (Lipinski definition) is 0. The Kier molecular flexibility index (Phi) is 2.90. The summed E-state index contributed by atoms with van der Waals surface area (Å²) in [5.74, 6) is -1.51. The Morgan fingerprint density at radius 2 is 2.25 bits per heavy atom. The zero-order valence-corrected chi connectivity index (χ0v) is 11.9. The minimum Gasteiger partial charge on any atom is -0.469 e. The zero-order valence-electron chi connectivity index (χ0n) is 8.70. The maximum Gasteiger partial charge on any atom is 0.328 e. The highest BCUT2D eigenvalue weighted by Crippen LogP contribution is 2.50. The van der Waals surface area contributed by atoms with E-state index in [0.717, 1.165) is 4.48 Å². The fraction of sp³-hybridized carbons (Fsp3) is 0.600. The average Bonchev–Trinajstić information content (AvgIpc) is 2.21. The van der Waals surface area contributed by atoms with E-state index in [0.29, 0.717) is 0 Å². The molecule has 4 atom stereocenters. The average molecular weight is 354 g/mol. The minimum absolute atomic E-state index is 0.121. The molecule has 0 radical (unpaired) electrons. The molecule has 0 amide bonds. The van der Waals surface area contributed by atoms with Gasteiger partial charge in [-0.25, -0.2) is 0 Å². The van der Waals surface area contributed by atoms with Gasteiger partial charge in [-0.1, -0.05) is 38.8 Å². The maximum absolute atomic E-state index is 11.8. The molecule has 2 aliphatic heterocycles. The van der Waals surface area contributed by atoms with Gasteiger partial charge in [0.1, 0.15) is 6.10 Å². The monoisotopic (exact) mass is 352 g/mol. The molecule has 0 aromatic carbocycles. The van der Waals surface area contributed by atoms with Crippen molar-refractivity contribution in [1.82, 2.24) is 0 Å². The minimum atomic E-state index is -1.10. The predicted molar refractivity (Wildman–Crippen MR) is 63.2 cm³/mol. The second kappa shape index (κ2) is 3.84. The fourth-order valence-corrected chi connectivity index (χ4v) is 4.37. The highest BCUT2D eigenvalue weighted by molar-refractivity contribution is 9.12. The van der Waals surface area contributed by atoms with E-state index in [9.17, 15) is 9.59 Å². The molecule has 0 spiro atoms. The molecule has 0 aromatic heterocycles. The van der Waals surface area contributed by atoms with Crippen molar-refractivity contribution < 1.29 is 19.1 Å². The van der Waals surface area contributed by atoms with Crippen LogP contribution in [0.4, 0.5) is 0 Å². The van der Waals surface area contributed by atoms with Crippen molar-refractivity contribution in [1.29, 1.82) is 0 Å². The van der Waals surface area contributed by atoms with Gasteiger partial charge in [0, 0.05) is 10.4 Å². The Morgan fingerprint density at radius 3 is 2.81 bits per heavy atom. The van der Waals surface area contributed by atoms with Crippen LogP contribution in [0.25, 0.3) is 0 Å². The topological polar surface area (TPSA) is 52.6 Å². The van der Waals surface area contributed by atoms with E-state index in [1.165, 1.54) is 7.11 Å². The molecular formula is C10H10Br2O4. The van der Waals surface area contributed by atoms with Crippen molar-refractivity contribution in [3.8, 4) is 0 Å². The first-order valence-electron chi connectivity index (χ1n) is 4.78. The van der Waals surface area contributed by atoms with Gasteiger partial charge in [0.05, 0.1) is 13.0 Å². The lowest BCUT2D eigenvalue weighted by atomic mass is 9.72. The summed E-state index contributed by atoms with van der Waals surface area (Å²) in [6, 6.07) is 0. The second-order valence-corrected chi connectivity index (χ2v) is 6.21. The molecule has 1 aliphatic carbocycles. The van der Waals surface area contributed by atoms with Gasteiger partial charge in [-0.05, 0) is 6.08 Å². The molecule has 3 aliphatic rings. The van der Waals surface area contributed by atoms with Crippen LogP contribution in [0.5, 0.6) is 0 Å². The van der Waals surface area contributed by atoms with Crippen LogP contribution in [0.2, 0.25) is 0 Å². The fourth-order valence-electron chi connectivity index (χ4n) is 2.25. The molecule has 88 valence electrons. The number of esters is 2. The summed E-state index contributed by atoms with van der Waals surface area (Å²) in [4.78, 5) is 23.5. The van der Waals surface area contributed by atoms with E-state index in [1.54, 1.807) is 6.08 Å². The highest BCUT2D eigenvalue weighted by Gasteiger charge is 2.60. The van der Waals surface area contributed by atoms with Gasteiger partial charge in [0.2, 0.25) is 0 Å². The summed E-state index contributed by atoms with van der Waals surface area (Å²) in [6.07, 6.45) is 1.29. The number of carbonyl (C=O) groups excluding carboxylic acids is 2. The summed E-state index contributed by atoms with van der Waals surface area (Å²) >= 11 is 6.65. The van der Waals surface area contributed by atoms with Crippen molar-refractivity contribution in [2.24, 2.45) is 11.8 Å². The molecule has 6 heteroatoms. The number of halogens is 2. The van der Waals surface area contributed by atoms with Crippen LogP contribution in [0.1, 0.15) is 6.92 Å². The molecule has 1 fully saturated rings. The lowest BCUT2D eigenvalue weighted by Crippen LogP contribution is -2.59. The lowest BCUT2D eigenvalue weighted by Gasteiger charge is -2.46. The van der Waals surface area contributed by atoms with E-state index in [-0.39, 0.29) is 5.92 Å². The third kappa shape index (κ3) is 1.46. The van der Waals surface area contributed by atoms with Crippen LogP contribution in [-0.4, -0.2) is 29.5 Å². The van der Waals surface area contributed by atoms with Crippen molar-refractivity contribution in [3.05, 3.63) is 10.6 Å². The van der Waals surface area contributed by atoms with Gasteiger partial charge in [-0.2, -0.15) is 0 Å². The number of rotatable bonds is 1. The van der Waals surface area contributed by atoms with Gasteiger partial charge < -0.3 is 9.47 Å². The molecule has 1 saturated heterocycles. The molecule has 0 N–H and O–H groups in total. The summed E-state index contributed by atoms with van der Waals surface area (Å²) in [7, 11) is 1.32. The molecule has 16 heavy (non-hydrogen) atoms. The van der Waals surface area contributed by atoms with Crippen LogP contribution < -0.4 is 0 Å². The highest BCUT2D eigenvalue weighted by atomic mass is 79.9. The first-order valence-corrected chi connectivity index (χ1v) is 6.36. The number of alkyl halides is 1. The van der Waals surface area contributed by atoms with E-state index in [1.807, 2.05) is 6.92 Å². The molecule has 2 bridgehead atoms. The van der Waals surface area contributed by atoms with Gasteiger partial charge in [0.15, 0.2) is 4.32 Å². The van der Waals surface area contributed by atoms with Crippen LogP contribution in [0.15, 0.2) is 10.6 Å². The number of methoxy groups -OCH3 is 1. The Morgan fingerprint density at radius 1 is 1.62 bits per heavy atom. The second-order valence-electron chi connectivity index (χ2n) is 3.98. The van der Waals surface area contributed by atoms with Crippen molar-refractivity contribution >= 4 is 43.8 Å². The Labute approximate surface area is 110 Å². The molecule has 0 saturated carbocycles. The normalized spacial score (nSPS) is 41.4. The quantitative estimate of drug-likeness (QED) is 0.532. The van der Waals surface area contributed by atoms with Crippen molar-refractivity contribution in [3.63, 3.8) is 0 Å². The van der Waals surface area contributed by atoms with Crippen LogP contribution in [0.3, 0.4) is 0 Å². The summed E-state index contributed by atoms with van der Waals surface area (Å²) in [5, 5.41) is 0. The van der Waals surface area contributed by atoms with E-state index < -0.39 is 28.3 Å². The van der Waals surface area contributed by atoms with Crippen LogP contribution in [-0.2, 0) is 19.1 Å². The number of carbonyl (C=O) groups is 2. The first kappa shape index (κ1) is 12.1. The largest absolute Gasteiger partial charge is 0.469 e. The number of fused-ring (bicyclic) bond motifs is 2. The number of hydrogen-bond acceptors (Lipinski definition) is 4. The SMILES string of the molecule is COC(=O)[C@@H]1[C@@H](C)[C@@H]2OC(=O)[C@@]1(Br)C=C2Br. The molecule has 0 aromatic rings. The smallest absolute Gasteiger partial charge is 0.328 e. The standard InChI is InChI=1S/C10H10Br2O4/c1-4-6(8(13)15-2)10(12)3-5(11)7(4)16-9(10)14/h3-4,6-7H,1-2H3/t4-,6+,7+,10-/m1/s1. The van der Waals surface area contributed by atoms with Crippen molar-refractivity contribution in [2.75, 3.05) is 7.11 Å². The third-order valence-corrected chi connectivity index (χ3v) is 4.80. The lowest BCUT2D eigenvalue weighted by molar-refractivity contribution is -0.173. The maximum atomic E-state index is 11.8. The number of ether oxygens (including phenoxy) is 2. The zero-order chi connectivity index (χ0) is 12.1. The third-order valence-electron chi connectivity index (χ3n) is 3.08. The molecular weight excluding hydrogens is 344 g/mol. The van der Waals surface area contributed by atoms with Gasteiger partial charge in [-0.3, -0.25) is 9.59 Å². The Bertz CT molecular complexity index is 392. The van der Waals surface area contributed by atoms with E-state index in [4.69, 9.17) is 9.47 Å². The van der Waals surface area contributed by atoms with E-state index in [2.05, 4.69) is 31.9 Å². The summed E-state index contributed by atoms with van der Waals surface area (Å²) < 4.78 is 9.65. The first-order chi connectivity index (χ1) is 7.41. The molecule has 4 nitrogen and oxygen atoms in total. The van der Waals surface area contributed by atoms with E-state index >= 15 is 0 Å². The van der Waals surface area contributed by atoms with Crippen LogP contribution in [0, 0.1) is 11.8 Å². The predicted octanol–water partition coefficient (Wildman–Crippen LogP) is 1.76. The van der Waals surface area contributed by atoms with Crippen molar-refractivity contribution in [2.45, 2.75) is 17.4 Å². The molecule has 0 unspecified atom stereocenters.